The fraction of sp³-hybridized carbons (Fsp3) is 0.667. The number of likely N-dealkylation sites (tertiary alicyclic amines) is 1. The van der Waals surface area contributed by atoms with E-state index in [1.165, 1.54) is 32.4 Å². The predicted molar refractivity (Wildman–Crippen MR) is 92.7 cm³/mol. The van der Waals surface area contributed by atoms with Crippen LogP contribution in [0.25, 0.3) is 0 Å². The molecule has 1 heterocycles. The molecule has 128 valence electrons. The van der Waals surface area contributed by atoms with Gasteiger partial charge in [-0.25, -0.2) is 13.1 Å². The molecule has 1 N–H and O–H groups in total. The highest BCUT2D eigenvalue weighted by Crippen LogP contribution is 2.32. The molecule has 2 atom stereocenters. The third kappa shape index (κ3) is 3.62. The van der Waals surface area contributed by atoms with E-state index in [-0.39, 0.29) is 6.04 Å². The van der Waals surface area contributed by atoms with Crippen LogP contribution in [0.2, 0.25) is 0 Å². The molecule has 1 aromatic carbocycles. The number of sulfonamides is 1. The van der Waals surface area contributed by atoms with Crippen LogP contribution >= 0.6 is 0 Å². The van der Waals surface area contributed by atoms with Crippen molar-refractivity contribution in [3.63, 3.8) is 0 Å². The Labute approximate surface area is 140 Å². The lowest BCUT2D eigenvalue weighted by atomic mass is 9.88. The van der Waals surface area contributed by atoms with Crippen LogP contribution in [-0.2, 0) is 10.0 Å². The van der Waals surface area contributed by atoms with E-state index in [1.807, 2.05) is 19.1 Å². The van der Waals surface area contributed by atoms with Crippen molar-refractivity contribution in [2.24, 2.45) is 0 Å². The Balaban J connectivity index is 1.80. The van der Waals surface area contributed by atoms with Crippen LogP contribution < -0.4 is 4.72 Å². The first-order valence-electron chi connectivity index (χ1n) is 8.84. The third-order valence-corrected chi connectivity index (χ3v) is 7.26. The summed E-state index contributed by atoms with van der Waals surface area (Å²) in [7, 11) is -1.11. The monoisotopic (exact) mass is 337 g/mol. The number of hydrogen-bond acceptors (Lipinski definition) is 2. The first-order valence-corrected chi connectivity index (χ1v) is 10.3. The van der Waals surface area contributed by atoms with E-state index in [1.54, 1.807) is 12.1 Å². The van der Waals surface area contributed by atoms with E-state index < -0.39 is 10.0 Å². The van der Waals surface area contributed by atoms with Gasteiger partial charge in [-0.15, -0.1) is 0 Å². The van der Waals surface area contributed by atoms with Crippen LogP contribution in [0.1, 0.15) is 44.1 Å². The van der Waals surface area contributed by atoms with Crippen molar-refractivity contribution in [3.05, 3.63) is 29.8 Å². The number of nitrogens with one attached hydrogen (secondary N) is 1. The maximum absolute atomic E-state index is 12.8. The van der Waals surface area contributed by atoms with Crippen LogP contribution in [0.3, 0.4) is 0 Å². The highest BCUT2D eigenvalue weighted by atomic mass is 32.2. The van der Waals surface area contributed by atoms with Crippen molar-refractivity contribution < 1.29 is 12.9 Å². The molecule has 1 saturated carbocycles. The molecule has 1 aliphatic heterocycles. The zero-order valence-electron chi connectivity index (χ0n) is 14.3. The molecular weight excluding hydrogens is 308 g/mol. The number of benzene rings is 1. The van der Waals surface area contributed by atoms with E-state index in [4.69, 9.17) is 0 Å². The average Bonchev–Trinajstić information content (AvgIpc) is 2.96. The van der Waals surface area contributed by atoms with Gasteiger partial charge in [0.05, 0.1) is 31.1 Å². The van der Waals surface area contributed by atoms with Gasteiger partial charge in [-0.1, -0.05) is 24.1 Å². The molecule has 1 saturated heterocycles. The molecule has 5 heteroatoms. The van der Waals surface area contributed by atoms with E-state index >= 15 is 0 Å². The fourth-order valence-electron chi connectivity index (χ4n) is 4.37. The second-order valence-electron chi connectivity index (χ2n) is 7.53. The highest BCUT2D eigenvalue weighted by molar-refractivity contribution is 7.89. The lowest BCUT2D eigenvalue weighted by Gasteiger charge is -2.44. The van der Waals surface area contributed by atoms with Crippen molar-refractivity contribution in [2.45, 2.75) is 62.4 Å². The fourth-order valence-corrected chi connectivity index (χ4v) is 5.67. The zero-order chi connectivity index (χ0) is 16.5. The third-order valence-electron chi connectivity index (χ3n) is 5.76. The molecule has 0 aromatic heterocycles. The van der Waals surface area contributed by atoms with Crippen molar-refractivity contribution >= 4 is 10.0 Å². The van der Waals surface area contributed by atoms with E-state index in [0.29, 0.717) is 10.9 Å². The molecule has 1 aliphatic carbocycles. The molecule has 2 fully saturated rings. The number of likely N-dealkylation sites (N-methyl/N-ethyl adjacent to an activating group) is 1. The molecule has 23 heavy (non-hydrogen) atoms. The topological polar surface area (TPSA) is 46.2 Å². The number of rotatable bonds is 4. The lowest BCUT2D eigenvalue weighted by Crippen LogP contribution is -2.60. The molecule has 1 aromatic rings. The van der Waals surface area contributed by atoms with E-state index in [0.717, 1.165) is 29.3 Å². The molecule has 3 rings (SSSR count). The Kier molecular flexibility index (Phi) is 4.81. The van der Waals surface area contributed by atoms with E-state index in [9.17, 15) is 8.42 Å². The molecule has 2 aliphatic rings. The summed E-state index contributed by atoms with van der Waals surface area (Å²) in [4.78, 5) is 0.386. The highest BCUT2D eigenvalue weighted by Gasteiger charge is 2.43. The Morgan fingerprint density at radius 3 is 2.26 bits per heavy atom. The summed E-state index contributed by atoms with van der Waals surface area (Å²) in [5.74, 6) is 0. The number of quaternary nitrogens is 1. The maximum atomic E-state index is 12.8. The molecule has 0 unspecified atom stereocenters. The van der Waals surface area contributed by atoms with Gasteiger partial charge >= 0.3 is 0 Å². The summed E-state index contributed by atoms with van der Waals surface area (Å²) in [6.45, 7) is 4.35. The Bertz CT molecular complexity index is 633. The van der Waals surface area contributed by atoms with Crippen molar-refractivity contribution in [1.82, 2.24) is 4.72 Å². The van der Waals surface area contributed by atoms with Crippen LogP contribution in [0, 0.1) is 6.92 Å². The number of nitrogens with zero attached hydrogens (tertiary/aromatic N) is 1. The largest absolute Gasteiger partial charge is 0.322 e. The average molecular weight is 338 g/mol. The van der Waals surface area contributed by atoms with Crippen molar-refractivity contribution in [1.29, 1.82) is 0 Å². The van der Waals surface area contributed by atoms with Gasteiger partial charge in [0, 0.05) is 19.3 Å². The number of aryl methyl sites for hydroxylation is 1. The van der Waals surface area contributed by atoms with Gasteiger partial charge in [-0.05, 0) is 31.9 Å². The summed E-state index contributed by atoms with van der Waals surface area (Å²) in [5.41, 5.74) is 1.08. The molecule has 0 spiro atoms. The van der Waals surface area contributed by atoms with Crippen LogP contribution in [-0.4, -0.2) is 45.1 Å². The second kappa shape index (κ2) is 6.54. The van der Waals surface area contributed by atoms with Gasteiger partial charge in [0.2, 0.25) is 10.0 Å². The normalized spacial score (nSPS) is 27.9. The molecule has 4 nitrogen and oxygen atoms in total. The first-order chi connectivity index (χ1) is 10.9. The van der Waals surface area contributed by atoms with Gasteiger partial charge < -0.3 is 4.48 Å². The van der Waals surface area contributed by atoms with Crippen molar-refractivity contribution in [2.75, 3.05) is 20.1 Å². The summed E-state index contributed by atoms with van der Waals surface area (Å²) in [6, 6.07) is 7.64. The Morgan fingerprint density at radius 2 is 1.61 bits per heavy atom. The molecular formula is C18H29N2O2S+. The van der Waals surface area contributed by atoms with E-state index in [2.05, 4.69) is 11.8 Å². The molecule has 0 amide bonds. The van der Waals surface area contributed by atoms with Crippen LogP contribution in [0.5, 0.6) is 0 Å². The smallest absolute Gasteiger partial charge is 0.241 e. The Hall–Kier alpha value is -0.910. The van der Waals surface area contributed by atoms with Crippen LogP contribution in [0.15, 0.2) is 29.2 Å². The molecule has 0 bridgehead atoms. The zero-order valence-corrected chi connectivity index (χ0v) is 15.1. The minimum Gasteiger partial charge on any atom is -0.322 e. The number of hydrogen-bond donors (Lipinski definition) is 1. The van der Waals surface area contributed by atoms with Crippen LogP contribution in [0.4, 0.5) is 0 Å². The van der Waals surface area contributed by atoms with Gasteiger partial charge in [0.25, 0.3) is 0 Å². The quantitative estimate of drug-likeness (QED) is 0.859. The van der Waals surface area contributed by atoms with Crippen molar-refractivity contribution in [3.8, 4) is 0 Å². The minimum absolute atomic E-state index is 0.0677. The predicted octanol–water partition coefficient (Wildman–Crippen LogP) is 2.82. The summed E-state index contributed by atoms with van der Waals surface area (Å²) in [5, 5.41) is 0. The maximum Gasteiger partial charge on any atom is 0.241 e. The summed E-state index contributed by atoms with van der Waals surface area (Å²) >= 11 is 0. The standard InChI is InChI=1S/C18H29N2O2S/c1-15-9-11-16(12-10-15)23(21,22)19-17-7-3-4-8-18(17)20(2)13-5-6-14-20/h9-12,17-19H,3-8,13-14H2,1-2H3/q+1/t17-,18-/m1/s1. The summed E-state index contributed by atoms with van der Waals surface area (Å²) in [6.07, 6.45) is 6.98. The van der Waals surface area contributed by atoms with Gasteiger partial charge in [0.15, 0.2) is 0 Å². The lowest BCUT2D eigenvalue weighted by molar-refractivity contribution is -0.924. The van der Waals surface area contributed by atoms with Gasteiger partial charge in [0.1, 0.15) is 6.04 Å². The first kappa shape index (κ1) is 16.9. The molecule has 0 radical (unpaired) electrons. The van der Waals surface area contributed by atoms with Gasteiger partial charge in [-0.2, -0.15) is 0 Å². The summed E-state index contributed by atoms with van der Waals surface area (Å²) < 4.78 is 29.6. The second-order valence-corrected chi connectivity index (χ2v) is 9.24. The SMILES string of the molecule is Cc1ccc(S(=O)(=O)N[C@@H]2CCCC[C@H]2[N+]2(C)CCCC2)cc1. The Morgan fingerprint density at radius 1 is 1.00 bits per heavy atom. The van der Waals surface area contributed by atoms with Gasteiger partial charge in [-0.3, -0.25) is 0 Å². The minimum atomic E-state index is -3.43.